The molecule has 0 amide bonds. The fourth-order valence-corrected chi connectivity index (χ4v) is 4.78. The van der Waals surface area contributed by atoms with Gasteiger partial charge in [-0.1, -0.05) is 84.0 Å². The molecule has 4 aromatic rings. The molecule has 1 aliphatic carbocycles. The maximum atomic E-state index is 13.4. The first-order chi connectivity index (χ1) is 22.4. The van der Waals surface area contributed by atoms with E-state index < -0.39 is 54.8 Å². The minimum Gasteiger partial charge on any atom is -0.457 e. The van der Waals surface area contributed by atoms with Gasteiger partial charge in [-0.15, -0.1) is 0 Å². The monoisotopic (exact) mass is 617 g/mol. The molecular formula is C35H27N3O8. The quantitative estimate of drug-likeness (QED) is 0.0513. The molecule has 0 saturated heterocycles. The lowest BCUT2D eigenvalue weighted by Gasteiger charge is -2.39. The van der Waals surface area contributed by atoms with E-state index in [-0.39, 0.29) is 27.8 Å². The highest BCUT2D eigenvalue weighted by Gasteiger charge is 2.47. The summed E-state index contributed by atoms with van der Waals surface area (Å²) in [5.41, 5.74) is 10.4. The van der Waals surface area contributed by atoms with E-state index in [0.29, 0.717) is 0 Å². The number of ether oxygens (including phenoxy) is 4. The standard InChI is InChI=1S/C35H27N3O8/c36-38-37-28-21-27(22-43-32(39)23-13-5-1-6-14-23)29(44-33(40)24-15-7-2-8-16-24)31(46-35(42)26-19-11-4-12-20-26)30(28)45-34(41)25-17-9-3-10-18-25/h1-21,28-31H,22H2/t28?,29-,30-,31+/m0/s1. The Balaban J connectivity index is 1.56. The van der Waals surface area contributed by atoms with Gasteiger partial charge >= 0.3 is 23.9 Å². The van der Waals surface area contributed by atoms with E-state index in [1.807, 2.05) is 0 Å². The van der Waals surface area contributed by atoms with Crippen LogP contribution in [0.25, 0.3) is 10.4 Å². The van der Waals surface area contributed by atoms with Crippen molar-refractivity contribution in [2.45, 2.75) is 24.4 Å². The Labute approximate surface area is 263 Å². The van der Waals surface area contributed by atoms with Gasteiger partial charge in [0.25, 0.3) is 0 Å². The van der Waals surface area contributed by atoms with Crippen molar-refractivity contribution in [1.29, 1.82) is 0 Å². The van der Waals surface area contributed by atoms with Crippen molar-refractivity contribution in [3.05, 3.63) is 166 Å². The third kappa shape index (κ3) is 7.65. The van der Waals surface area contributed by atoms with Gasteiger partial charge in [-0.05, 0) is 54.1 Å². The summed E-state index contributed by atoms with van der Waals surface area (Å²) < 4.78 is 23.2. The summed E-state index contributed by atoms with van der Waals surface area (Å²) in [4.78, 5) is 55.9. The Kier molecular flexibility index (Phi) is 10.2. The fourth-order valence-electron chi connectivity index (χ4n) is 4.78. The zero-order chi connectivity index (χ0) is 32.3. The van der Waals surface area contributed by atoms with Gasteiger partial charge in [-0.2, -0.15) is 0 Å². The van der Waals surface area contributed by atoms with Crippen LogP contribution in [0.4, 0.5) is 0 Å². The molecule has 11 heteroatoms. The highest BCUT2D eigenvalue weighted by Crippen LogP contribution is 2.32. The van der Waals surface area contributed by atoms with Crippen LogP contribution in [0.1, 0.15) is 41.4 Å². The van der Waals surface area contributed by atoms with E-state index in [2.05, 4.69) is 10.0 Å². The van der Waals surface area contributed by atoms with Gasteiger partial charge in [-0.3, -0.25) is 0 Å². The summed E-state index contributed by atoms with van der Waals surface area (Å²) in [5, 5.41) is 3.80. The second-order valence-corrected chi connectivity index (χ2v) is 10.0. The maximum Gasteiger partial charge on any atom is 0.338 e. The van der Waals surface area contributed by atoms with Crippen LogP contribution in [0, 0.1) is 0 Å². The minimum absolute atomic E-state index is 0.142. The fraction of sp³-hybridized carbons (Fsp3) is 0.143. The largest absolute Gasteiger partial charge is 0.457 e. The molecule has 5 rings (SSSR count). The Morgan fingerprint density at radius 2 is 0.957 bits per heavy atom. The average Bonchev–Trinajstić information content (AvgIpc) is 3.11. The molecule has 4 aromatic carbocycles. The van der Waals surface area contributed by atoms with Crippen LogP contribution in [0.2, 0.25) is 0 Å². The smallest absolute Gasteiger partial charge is 0.338 e. The minimum atomic E-state index is -1.53. The Morgan fingerprint density at radius 3 is 1.39 bits per heavy atom. The third-order valence-corrected chi connectivity index (χ3v) is 7.02. The number of carbonyl (C=O) groups is 4. The van der Waals surface area contributed by atoms with Crippen LogP contribution < -0.4 is 0 Å². The molecule has 0 N–H and O–H groups in total. The number of benzene rings is 4. The van der Waals surface area contributed by atoms with Gasteiger partial charge < -0.3 is 18.9 Å². The zero-order valence-electron chi connectivity index (χ0n) is 24.2. The van der Waals surface area contributed by atoms with Gasteiger partial charge in [0.15, 0.2) is 18.3 Å². The van der Waals surface area contributed by atoms with Crippen molar-refractivity contribution >= 4 is 23.9 Å². The summed E-state index contributed by atoms with van der Waals surface area (Å²) in [6, 6.07) is 31.1. The molecular weight excluding hydrogens is 590 g/mol. The SMILES string of the molecule is [N-]=[N+]=NC1C=C(COC(=O)c2ccccc2)[C@H](OC(=O)c2ccccc2)[C@@H](OC(=O)c2ccccc2)[C@H]1OC(=O)c1ccccc1. The molecule has 11 nitrogen and oxygen atoms in total. The first-order valence-electron chi connectivity index (χ1n) is 14.2. The van der Waals surface area contributed by atoms with Crippen molar-refractivity contribution in [1.82, 2.24) is 0 Å². The molecule has 0 heterocycles. The Hall–Kier alpha value is -6.19. The lowest BCUT2D eigenvalue weighted by atomic mass is 9.87. The molecule has 1 unspecified atom stereocenters. The van der Waals surface area contributed by atoms with Crippen molar-refractivity contribution in [2.75, 3.05) is 6.61 Å². The number of esters is 4. The molecule has 0 radical (unpaired) electrons. The summed E-state index contributed by atoms with van der Waals surface area (Å²) in [6.07, 6.45) is -3.02. The zero-order valence-corrected chi connectivity index (χ0v) is 24.2. The lowest BCUT2D eigenvalue weighted by molar-refractivity contribution is -0.0883. The highest BCUT2D eigenvalue weighted by molar-refractivity contribution is 5.92. The van der Waals surface area contributed by atoms with E-state index in [4.69, 9.17) is 18.9 Å². The van der Waals surface area contributed by atoms with E-state index in [0.717, 1.165) is 0 Å². The maximum absolute atomic E-state index is 13.4. The molecule has 230 valence electrons. The van der Waals surface area contributed by atoms with Crippen molar-refractivity contribution in [3.63, 3.8) is 0 Å². The number of nitrogens with zero attached hydrogens (tertiary/aromatic N) is 3. The lowest BCUT2D eigenvalue weighted by Crippen LogP contribution is -2.54. The molecule has 0 spiro atoms. The molecule has 0 bridgehead atoms. The van der Waals surface area contributed by atoms with Crippen molar-refractivity contribution in [3.8, 4) is 0 Å². The highest BCUT2D eigenvalue weighted by atomic mass is 16.6. The summed E-state index contributed by atoms with van der Waals surface area (Å²) in [7, 11) is 0. The molecule has 0 fully saturated rings. The van der Waals surface area contributed by atoms with Gasteiger partial charge in [0.1, 0.15) is 6.61 Å². The summed E-state index contributed by atoms with van der Waals surface area (Å²) >= 11 is 0. The van der Waals surface area contributed by atoms with Crippen molar-refractivity contribution in [2.24, 2.45) is 5.11 Å². The summed E-state index contributed by atoms with van der Waals surface area (Å²) in [5.74, 6) is -3.09. The van der Waals surface area contributed by atoms with Crippen LogP contribution in [-0.4, -0.2) is 54.8 Å². The van der Waals surface area contributed by atoms with Crippen LogP contribution in [0.5, 0.6) is 0 Å². The second kappa shape index (κ2) is 15.0. The van der Waals surface area contributed by atoms with Crippen LogP contribution >= 0.6 is 0 Å². The molecule has 46 heavy (non-hydrogen) atoms. The van der Waals surface area contributed by atoms with E-state index in [1.165, 1.54) is 42.5 Å². The van der Waals surface area contributed by atoms with Crippen molar-refractivity contribution < 1.29 is 38.1 Å². The van der Waals surface area contributed by atoms with E-state index in [1.54, 1.807) is 84.9 Å². The molecule has 4 atom stereocenters. The van der Waals surface area contributed by atoms with E-state index >= 15 is 0 Å². The molecule has 0 aliphatic heterocycles. The topological polar surface area (TPSA) is 154 Å². The normalized spacial score (nSPS) is 18.6. The predicted octanol–water partition coefficient (Wildman–Crippen LogP) is 6.14. The van der Waals surface area contributed by atoms with Gasteiger partial charge in [0, 0.05) is 10.5 Å². The van der Waals surface area contributed by atoms with Gasteiger partial charge in [0.05, 0.1) is 28.3 Å². The number of hydrogen-bond donors (Lipinski definition) is 0. The van der Waals surface area contributed by atoms with Gasteiger partial charge in [-0.25, -0.2) is 19.2 Å². The number of carbonyl (C=O) groups excluding carboxylic acids is 4. The number of azide groups is 1. The second-order valence-electron chi connectivity index (χ2n) is 10.0. The third-order valence-electron chi connectivity index (χ3n) is 7.02. The molecule has 0 aromatic heterocycles. The van der Waals surface area contributed by atoms with Crippen LogP contribution in [-0.2, 0) is 18.9 Å². The Bertz CT molecular complexity index is 1760. The van der Waals surface area contributed by atoms with Gasteiger partial charge in [0.2, 0.25) is 0 Å². The molecule has 1 aliphatic rings. The predicted molar refractivity (Wildman–Crippen MR) is 165 cm³/mol. The van der Waals surface area contributed by atoms with E-state index in [9.17, 15) is 24.7 Å². The molecule has 0 saturated carbocycles. The number of rotatable bonds is 10. The first-order valence-corrected chi connectivity index (χ1v) is 14.2. The van der Waals surface area contributed by atoms with Crippen LogP contribution in [0.15, 0.2) is 138 Å². The summed E-state index contributed by atoms with van der Waals surface area (Å²) in [6.45, 7) is -0.434. The van der Waals surface area contributed by atoms with Crippen LogP contribution in [0.3, 0.4) is 0 Å². The average molecular weight is 618 g/mol. The first kappa shape index (κ1) is 31.2. The number of hydrogen-bond acceptors (Lipinski definition) is 9. The Morgan fingerprint density at radius 1 is 0.565 bits per heavy atom.